The smallest absolute Gasteiger partial charge is 0.247 e. The van der Waals surface area contributed by atoms with Crippen LogP contribution in [0.3, 0.4) is 0 Å². The van der Waals surface area contributed by atoms with E-state index in [0.717, 1.165) is 30.8 Å². The number of ether oxygens (including phenoxy) is 1. The molecule has 1 heterocycles. The number of para-hydroxylation sites is 2. The molecule has 0 saturated heterocycles. The predicted octanol–water partition coefficient (Wildman–Crippen LogP) is 2.86. The Labute approximate surface area is 125 Å². The third-order valence-electron chi connectivity index (χ3n) is 3.11. The minimum Gasteiger partial charge on any atom is -0.495 e. The molecular weight excluding hydrogens is 266 g/mol. The number of aromatic nitrogens is 3. The van der Waals surface area contributed by atoms with Crippen molar-refractivity contribution in [1.29, 1.82) is 0 Å². The fourth-order valence-corrected chi connectivity index (χ4v) is 1.90. The lowest BCUT2D eigenvalue weighted by Gasteiger charge is -2.16. The molecule has 0 aliphatic heterocycles. The van der Waals surface area contributed by atoms with Gasteiger partial charge < -0.3 is 15.0 Å². The Kier molecular flexibility index (Phi) is 5.31. The van der Waals surface area contributed by atoms with E-state index in [9.17, 15) is 0 Å². The van der Waals surface area contributed by atoms with E-state index in [1.807, 2.05) is 36.2 Å². The zero-order valence-corrected chi connectivity index (χ0v) is 12.7. The Morgan fingerprint density at radius 1 is 1.29 bits per heavy atom. The van der Waals surface area contributed by atoms with Crippen LogP contribution in [0, 0.1) is 0 Å². The molecule has 0 fully saturated rings. The van der Waals surface area contributed by atoms with Gasteiger partial charge in [-0.15, -0.1) is 5.10 Å². The highest BCUT2D eigenvalue weighted by molar-refractivity contribution is 5.63. The third kappa shape index (κ3) is 4.05. The number of hydrogen-bond donors (Lipinski definition) is 1. The quantitative estimate of drug-likeness (QED) is 0.845. The first-order valence-electron chi connectivity index (χ1n) is 7.05. The molecule has 1 aromatic carbocycles. The largest absolute Gasteiger partial charge is 0.495 e. The number of nitrogens with one attached hydrogen (secondary N) is 1. The Bertz CT molecular complexity index is 575. The second-order valence-corrected chi connectivity index (χ2v) is 4.74. The second kappa shape index (κ2) is 7.42. The van der Waals surface area contributed by atoms with Gasteiger partial charge in [0.15, 0.2) is 5.82 Å². The van der Waals surface area contributed by atoms with E-state index in [0.29, 0.717) is 11.8 Å². The fraction of sp³-hybridized carbons (Fsp3) is 0.400. The number of methoxy groups -OCH3 is 1. The minimum atomic E-state index is 0.614. The van der Waals surface area contributed by atoms with E-state index in [1.54, 1.807) is 13.3 Å². The molecule has 21 heavy (non-hydrogen) atoms. The van der Waals surface area contributed by atoms with Crippen LogP contribution < -0.4 is 15.0 Å². The van der Waals surface area contributed by atoms with E-state index in [-0.39, 0.29) is 0 Å². The normalized spacial score (nSPS) is 10.2. The van der Waals surface area contributed by atoms with E-state index >= 15 is 0 Å². The highest BCUT2D eigenvalue weighted by atomic mass is 16.5. The average molecular weight is 287 g/mol. The molecule has 0 atom stereocenters. The molecule has 1 N–H and O–H groups in total. The van der Waals surface area contributed by atoms with Gasteiger partial charge in [0.05, 0.1) is 19.0 Å². The van der Waals surface area contributed by atoms with Crippen LogP contribution in [0.25, 0.3) is 0 Å². The summed E-state index contributed by atoms with van der Waals surface area (Å²) in [5, 5.41) is 11.3. The highest BCUT2D eigenvalue weighted by Gasteiger charge is 2.08. The number of anilines is 3. The number of rotatable bonds is 7. The molecule has 2 aromatic rings. The van der Waals surface area contributed by atoms with Crippen molar-refractivity contribution in [3.8, 4) is 5.75 Å². The molecule has 0 amide bonds. The average Bonchev–Trinajstić information content (AvgIpc) is 2.53. The highest BCUT2D eigenvalue weighted by Crippen LogP contribution is 2.26. The first kappa shape index (κ1) is 15.0. The number of nitrogens with zero attached hydrogens (tertiary/aromatic N) is 4. The lowest BCUT2D eigenvalue weighted by Crippen LogP contribution is -2.21. The molecule has 6 nitrogen and oxygen atoms in total. The van der Waals surface area contributed by atoms with Crippen molar-refractivity contribution in [2.75, 3.05) is 30.9 Å². The molecule has 112 valence electrons. The SMILES string of the molecule is CCCCN(C)c1nncc(Nc2ccccc2OC)n1. The number of benzene rings is 1. The third-order valence-corrected chi connectivity index (χ3v) is 3.11. The lowest BCUT2D eigenvalue weighted by molar-refractivity contribution is 0.417. The van der Waals surface area contributed by atoms with Gasteiger partial charge in [-0.05, 0) is 18.6 Å². The van der Waals surface area contributed by atoms with Gasteiger partial charge in [-0.1, -0.05) is 25.5 Å². The van der Waals surface area contributed by atoms with E-state index in [4.69, 9.17) is 4.74 Å². The molecule has 0 aliphatic rings. The number of unbranched alkanes of at least 4 members (excludes halogenated alkanes) is 1. The lowest BCUT2D eigenvalue weighted by atomic mass is 10.3. The van der Waals surface area contributed by atoms with Gasteiger partial charge >= 0.3 is 0 Å². The summed E-state index contributed by atoms with van der Waals surface area (Å²) in [5.74, 6) is 2.02. The van der Waals surface area contributed by atoms with Crippen LogP contribution in [0.2, 0.25) is 0 Å². The molecule has 0 radical (unpaired) electrons. The van der Waals surface area contributed by atoms with Gasteiger partial charge in [0.2, 0.25) is 5.95 Å². The van der Waals surface area contributed by atoms with Crippen molar-refractivity contribution in [2.24, 2.45) is 0 Å². The Morgan fingerprint density at radius 3 is 2.86 bits per heavy atom. The maximum atomic E-state index is 5.31. The van der Waals surface area contributed by atoms with Crippen LogP contribution in [0.5, 0.6) is 5.75 Å². The van der Waals surface area contributed by atoms with E-state index in [1.165, 1.54) is 0 Å². The molecule has 0 spiro atoms. The van der Waals surface area contributed by atoms with Crippen LogP contribution >= 0.6 is 0 Å². The molecule has 0 saturated carbocycles. The molecule has 6 heteroatoms. The van der Waals surface area contributed by atoms with Crippen molar-refractivity contribution in [1.82, 2.24) is 15.2 Å². The summed E-state index contributed by atoms with van der Waals surface area (Å²) >= 11 is 0. The summed E-state index contributed by atoms with van der Waals surface area (Å²) in [7, 11) is 3.61. The zero-order chi connectivity index (χ0) is 15.1. The summed E-state index contributed by atoms with van der Waals surface area (Å²) in [5.41, 5.74) is 0.850. The van der Waals surface area contributed by atoms with E-state index < -0.39 is 0 Å². The Morgan fingerprint density at radius 2 is 2.10 bits per heavy atom. The summed E-state index contributed by atoms with van der Waals surface area (Å²) < 4.78 is 5.31. The van der Waals surface area contributed by atoms with Crippen molar-refractivity contribution in [2.45, 2.75) is 19.8 Å². The monoisotopic (exact) mass is 287 g/mol. The van der Waals surface area contributed by atoms with Crippen LogP contribution in [0.4, 0.5) is 17.5 Å². The minimum absolute atomic E-state index is 0.614. The summed E-state index contributed by atoms with van der Waals surface area (Å²) in [6, 6.07) is 7.69. The molecular formula is C15H21N5O. The van der Waals surface area contributed by atoms with Crippen molar-refractivity contribution in [3.63, 3.8) is 0 Å². The van der Waals surface area contributed by atoms with Gasteiger partial charge in [-0.3, -0.25) is 0 Å². The maximum absolute atomic E-state index is 5.31. The number of hydrogen-bond acceptors (Lipinski definition) is 6. The molecule has 0 unspecified atom stereocenters. The van der Waals surface area contributed by atoms with Gasteiger partial charge in [-0.25, -0.2) is 0 Å². The van der Waals surface area contributed by atoms with Crippen LogP contribution in [-0.2, 0) is 0 Å². The predicted molar refractivity (Wildman–Crippen MR) is 84.3 cm³/mol. The Balaban J connectivity index is 2.14. The molecule has 0 aliphatic carbocycles. The fourth-order valence-electron chi connectivity index (χ4n) is 1.90. The van der Waals surface area contributed by atoms with Crippen molar-refractivity contribution >= 4 is 17.5 Å². The molecule has 0 bridgehead atoms. The summed E-state index contributed by atoms with van der Waals surface area (Å²) in [6.07, 6.45) is 3.84. The van der Waals surface area contributed by atoms with Crippen molar-refractivity contribution in [3.05, 3.63) is 30.5 Å². The topological polar surface area (TPSA) is 63.2 Å². The van der Waals surface area contributed by atoms with Crippen LogP contribution in [0.15, 0.2) is 30.5 Å². The van der Waals surface area contributed by atoms with E-state index in [2.05, 4.69) is 27.4 Å². The van der Waals surface area contributed by atoms with Crippen LogP contribution in [0.1, 0.15) is 19.8 Å². The zero-order valence-electron chi connectivity index (χ0n) is 12.7. The van der Waals surface area contributed by atoms with Gasteiger partial charge in [0, 0.05) is 13.6 Å². The van der Waals surface area contributed by atoms with Gasteiger partial charge in [0.25, 0.3) is 0 Å². The first-order valence-corrected chi connectivity index (χ1v) is 7.05. The standard InChI is InChI=1S/C15H21N5O/c1-4-5-10-20(2)15-18-14(11-16-19-15)17-12-8-6-7-9-13(12)21-3/h6-9,11H,4-5,10H2,1-3H3,(H,17,18,19). The second-order valence-electron chi connectivity index (χ2n) is 4.74. The first-order chi connectivity index (χ1) is 10.2. The Hall–Kier alpha value is -2.37. The molecule has 1 aromatic heterocycles. The van der Waals surface area contributed by atoms with Crippen LogP contribution in [-0.4, -0.2) is 35.9 Å². The summed E-state index contributed by atoms with van der Waals surface area (Å²) in [4.78, 5) is 6.49. The van der Waals surface area contributed by atoms with Crippen molar-refractivity contribution < 1.29 is 4.74 Å². The molecule has 2 rings (SSSR count). The van der Waals surface area contributed by atoms with Gasteiger partial charge in [-0.2, -0.15) is 10.1 Å². The van der Waals surface area contributed by atoms with Gasteiger partial charge in [0.1, 0.15) is 5.75 Å². The maximum Gasteiger partial charge on any atom is 0.247 e. The summed E-state index contributed by atoms with van der Waals surface area (Å²) in [6.45, 7) is 3.07.